The molecule has 178 valence electrons. The Balaban J connectivity index is 1.64. The number of carbonyl (C=O) groups is 3. The number of barbiturate groups is 1. The van der Waals surface area contributed by atoms with Crippen LogP contribution in [0.5, 0.6) is 11.5 Å². The number of anilines is 1. The summed E-state index contributed by atoms with van der Waals surface area (Å²) in [6, 6.07) is 19.6. The fraction of sp³-hybridized carbons (Fsp3) is 0.179. The van der Waals surface area contributed by atoms with E-state index in [2.05, 4.69) is 5.32 Å². The zero-order valence-corrected chi connectivity index (χ0v) is 19.8. The normalized spacial score (nSPS) is 14.8. The lowest BCUT2D eigenvalue weighted by Gasteiger charge is -2.27. The van der Waals surface area contributed by atoms with Gasteiger partial charge in [-0.1, -0.05) is 48.5 Å². The van der Waals surface area contributed by atoms with Gasteiger partial charge in [0.15, 0.2) is 11.5 Å². The molecule has 0 bridgehead atoms. The molecule has 7 nitrogen and oxygen atoms in total. The number of nitrogens with zero attached hydrogens (tertiary/aromatic N) is 1. The number of rotatable bonds is 7. The van der Waals surface area contributed by atoms with E-state index in [1.165, 1.54) is 6.08 Å². The molecule has 0 unspecified atom stereocenters. The van der Waals surface area contributed by atoms with Gasteiger partial charge in [-0.25, -0.2) is 9.69 Å². The first-order chi connectivity index (χ1) is 16.9. The summed E-state index contributed by atoms with van der Waals surface area (Å²) in [5.41, 5.74) is 3.50. The fourth-order valence-corrected chi connectivity index (χ4v) is 3.74. The molecule has 0 aliphatic carbocycles. The number of imide groups is 2. The number of ether oxygens (including phenoxy) is 2. The highest BCUT2D eigenvalue weighted by molar-refractivity contribution is 6.39. The van der Waals surface area contributed by atoms with E-state index in [0.717, 1.165) is 21.6 Å². The standard InChI is InChI=1S/C28H26N2O5/c1-4-34-25-16-21(12-13-24(25)35-17-20-8-6-5-7-9-20)15-22-26(31)29-28(33)30(27(22)32)23-14-18(2)10-11-19(23)3/h5-16H,4,17H2,1-3H3,(H,29,31,33)/b22-15+. The number of benzene rings is 3. The molecule has 1 fully saturated rings. The van der Waals surface area contributed by atoms with Crippen molar-refractivity contribution in [2.45, 2.75) is 27.4 Å². The van der Waals surface area contributed by atoms with E-state index >= 15 is 0 Å². The molecule has 0 aromatic heterocycles. The molecule has 0 atom stereocenters. The van der Waals surface area contributed by atoms with E-state index in [9.17, 15) is 14.4 Å². The molecule has 0 radical (unpaired) electrons. The lowest BCUT2D eigenvalue weighted by molar-refractivity contribution is -0.122. The summed E-state index contributed by atoms with van der Waals surface area (Å²) in [7, 11) is 0. The van der Waals surface area contributed by atoms with Crippen LogP contribution in [0.4, 0.5) is 10.5 Å². The fourth-order valence-electron chi connectivity index (χ4n) is 3.74. The number of hydrogen-bond donors (Lipinski definition) is 1. The van der Waals surface area contributed by atoms with Gasteiger partial charge < -0.3 is 9.47 Å². The highest BCUT2D eigenvalue weighted by Crippen LogP contribution is 2.31. The average molecular weight is 471 g/mol. The number of aryl methyl sites for hydroxylation is 2. The third-order valence-corrected chi connectivity index (χ3v) is 5.52. The molecule has 3 aromatic rings. The van der Waals surface area contributed by atoms with Gasteiger partial charge in [0.25, 0.3) is 11.8 Å². The molecule has 0 spiro atoms. The van der Waals surface area contributed by atoms with Crippen LogP contribution in [-0.4, -0.2) is 24.5 Å². The van der Waals surface area contributed by atoms with Crippen LogP contribution in [0.1, 0.15) is 29.2 Å². The molecule has 1 aliphatic rings. The van der Waals surface area contributed by atoms with Crippen molar-refractivity contribution in [3.05, 3.63) is 94.6 Å². The van der Waals surface area contributed by atoms with E-state index in [1.807, 2.05) is 56.3 Å². The molecule has 0 saturated carbocycles. The molecule has 4 rings (SSSR count). The third-order valence-electron chi connectivity index (χ3n) is 5.52. The molecule has 4 amide bonds. The predicted molar refractivity (Wildman–Crippen MR) is 133 cm³/mol. The zero-order valence-electron chi connectivity index (χ0n) is 19.8. The maximum absolute atomic E-state index is 13.3. The first kappa shape index (κ1) is 23.8. The molecular formula is C28H26N2O5. The highest BCUT2D eigenvalue weighted by atomic mass is 16.5. The first-order valence-corrected chi connectivity index (χ1v) is 11.3. The van der Waals surface area contributed by atoms with E-state index in [4.69, 9.17) is 9.47 Å². The van der Waals surface area contributed by atoms with Crippen molar-refractivity contribution >= 4 is 29.6 Å². The van der Waals surface area contributed by atoms with Crippen LogP contribution in [0, 0.1) is 13.8 Å². The van der Waals surface area contributed by atoms with Crippen LogP contribution in [0.25, 0.3) is 6.08 Å². The summed E-state index contributed by atoms with van der Waals surface area (Å²) < 4.78 is 11.7. The van der Waals surface area contributed by atoms with Gasteiger partial charge in [-0.05, 0) is 67.3 Å². The molecule has 1 heterocycles. The van der Waals surface area contributed by atoms with Gasteiger partial charge in [-0.3, -0.25) is 14.9 Å². The monoisotopic (exact) mass is 470 g/mol. The summed E-state index contributed by atoms with van der Waals surface area (Å²) in [6.45, 7) is 6.31. The minimum absolute atomic E-state index is 0.147. The number of carbonyl (C=O) groups excluding carboxylic acids is 3. The van der Waals surface area contributed by atoms with Crippen LogP contribution in [0.2, 0.25) is 0 Å². The van der Waals surface area contributed by atoms with Gasteiger partial charge in [-0.15, -0.1) is 0 Å². The van der Waals surface area contributed by atoms with Crippen molar-refractivity contribution in [1.82, 2.24) is 5.32 Å². The number of amides is 4. The van der Waals surface area contributed by atoms with E-state index < -0.39 is 17.8 Å². The number of nitrogens with one attached hydrogen (secondary N) is 1. The van der Waals surface area contributed by atoms with Gasteiger partial charge >= 0.3 is 6.03 Å². The lowest BCUT2D eigenvalue weighted by Crippen LogP contribution is -2.54. The Morgan fingerprint density at radius 1 is 0.886 bits per heavy atom. The van der Waals surface area contributed by atoms with Crippen molar-refractivity contribution in [2.75, 3.05) is 11.5 Å². The van der Waals surface area contributed by atoms with Crippen molar-refractivity contribution in [3.8, 4) is 11.5 Å². The van der Waals surface area contributed by atoms with Crippen molar-refractivity contribution in [1.29, 1.82) is 0 Å². The summed E-state index contributed by atoms with van der Waals surface area (Å²) in [5.74, 6) is -0.396. The Morgan fingerprint density at radius 2 is 1.66 bits per heavy atom. The Bertz CT molecular complexity index is 1310. The quantitative estimate of drug-likeness (QED) is 0.390. The second-order valence-corrected chi connectivity index (χ2v) is 8.16. The smallest absolute Gasteiger partial charge is 0.335 e. The van der Waals surface area contributed by atoms with Gasteiger partial charge in [0.05, 0.1) is 12.3 Å². The second kappa shape index (κ2) is 10.3. The van der Waals surface area contributed by atoms with E-state index in [0.29, 0.717) is 36.0 Å². The summed E-state index contributed by atoms with van der Waals surface area (Å²) in [4.78, 5) is 39.4. The minimum atomic E-state index is -0.773. The highest BCUT2D eigenvalue weighted by Gasteiger charge is 2.37. The largest absolute Gasteiger partial charge is 0.490 e. The van der Waals surface area contributed by atoms with Crippen LogP contribution in [-0.2, 0) is 16.2 Å². The predicted octanol–water partition coefficient (Wildman–Crippen LogP) is 4.95. The third kappa shape index (κ3) is 5.24. The van der Waals surface area contributed by atoms with Crippen LogP contribution in [0.3, 0.4) is 0 Å². The van der Waals surface area contributed by atoms with Gasteiger partial charge in [-0.2, -0.15) is 0 Å². The second-order valence-electron chi connectivity index (χ2n) is 8.16. The molecular weight excluding hydrogens is 444 g/mol. The molecule has 1 N–H and O–H groups in total. The Kier molecular flexibility index (Phi) is 6.96. The average Bonchev–Trinajstić information content (AvgIpc) is 2.84. The molecule has 3 aromatic carbocycles. The lowest BCUT2D eigenvalue weighted by atomic mass is 10.0. The minimum Gasteiger partial charge on any atom is -0.490 e. The van der Waals surface area contributed by atoms with Gasteiger partial charge in [0, 0.05) is 0 Å². The molecule has 35 heavy (non-hydrogen) atoms. The SMILES string of the molecule is CCOc1cc(/C=C2\C(=O)NC(=O)N(c3cc(C)ccc3C)C2=O)ccc1OCc1ccccc1. The maximum Gasteiger partial charge on any atom is 0.335 e. The van der Waals surface area contributed by atoms with Crippen molar-refractivity contribution < 1.29 is 23.9 Å². The molecule has 1 aliphatic heterocycles. The summed E-state index contributed by atoms with van der Waals surface area (Å²) >= 11 is 0. The Hall–Kier alpha value is -4.39. The van der Waals surface area contributed by atoms with Crippen LogP contribution < -0.4 is 19.7 Å². The first-order valence-electron chi connectivity index (χ1n) is 11.3. The Morgan fingerprint density at radius 3 is 2.40 bits per heavy atom. The summed E-state index contributed by atoms with van der Waals surface area (Å²) in [5, 5.41) is 2.27. The number of hydrogen-bond acceptors (Lipinski definition) is 5. The molecule has 7 heteroatoms. The molecule has 1 saturated heterocycles. The van der Waals surface area contributed by atoms with E-state index in [1.54, 1.807) is 31.2 Å². The van der Waals surface area contributed by atoms with Crippen molar-refractivity contribution in [3.63, 3.8) is 0 Å². The number of urea groups is 1. The maximum atomic E-state index is 13.3. The topological polar surface area (TPSA) is 84.9 Å². The zero-order chi connectivity index (χ0) is 24.9. The van der Waals surface area contributed by atoms with E-state index in [-0.39, 0.29) is 5.57 Å². The summed E-state index contributed by atoms with van der Waals surface area (Å²) in [6.07, 6.45) is 1.45. The Labute approximate surface area is 204 Å². The van der Waals surface area contributed by atoms with Crippen LogP contribution >= 0.6 is 0 Å². The van der Waals surface area contributed by atoms with Gasteiger partial charge in [0.1, 0.15) is 12.2 Å². The van der Waals surface area contributed by atoms with Crippen LogP contribution in [0.15, 0.2) is 72.3 Å². The van der Waals surface area contributed by atoms with Crippen molar-refractivity contribution in [2.24, 2.45) is 0 Å². The van der Waals surface area contributed by atoms with Gasteiger partial charge in [0.2, 0.25) is 0 Å².